The zero-order chi connectivity index (χ0) is 12.6. The minimum absolute atomic E-state index is 0.420. The Morgan fingerprint density at radius 1 is 1.11 bits per heavy atom. The summed E-state index contributed by atoms with van der Waals surface area (Å²) in [5.74, 6) is 0.958. The maximum Gasteiger partial charge on any atom is 0.0309 e. The van der Waals surface area contributed by atoms with Crippen molar-refractivity contribution in [3.63, 3.8) is 0 Å². The van der Waals surface area contributed by atoms with Gasteiger partial charge < -0.3 is 5.32 Å². The third-order valence-electron chi connectivity index (χ3n) is 5.65. The van der Waals surface area contributed by atoms with Crippen molar-refractivity contribution in [3.05, 3.63) is 0 Å². The molecule has 3 fully saturated rings. The monoisotopic (exact) mass is 250 g/mol. The molecule has 3 rings (SSSR count). The fourth-order valence-corrected chi connectivity index (χ4v) is 4.33. The van der Waals surface area contributed by atoms with Gasteiger partial charge in [0.2, 0.25) is 0 Å². The van der Waals surface area contributed by atoms with E-state index in [1.165, 1.54) is 71.1 Å². The molecule has 0 amide bonds. The van der Waals surface area contributed by atoms with E-state index in [0.29, 0.717) is 11.0 Å². The van der Waals surface area contributed by atoms with Gasteiger partial charge in [0.1, 0.15) is 0 Å². The standard InChI is InChI=1S/C16H30N2/c1-15(8-4-3-5-9-15)12-18-11-10-17-16(2,13-18)14-6-7-14/h14,17H,3-13H2,1-2H3. The Labute approximate surface area is 113 Å². The zero-order valence-corrected chi connectivity index (χ0v) is 12.3. The molecule has 0 radical (unpaired) electrons. The number of nitrogens with one attached hydrogen (secondary N) is 1. The molecule has 0 spiro atoms. The van der Waals surface area contributed by atoms with Gasteiger partial charge in [0.15, 0.2) is 0 Å². The predicted octanol–water partition coefficient (Wildman–Crippen LogP) is 3.03. The van der Waals surface area contributed by atoms with Gasteiger partial charge in [-0.15, -0.1) is 0 Å². The van der Waals surface area contributed by atoms with Gasteiger partial charge in [-0.3, -0.25) is 4.90 Å². The van der Waals surface area contributed by atoms with Crippen LogP contribution in [0.25, 0.3) is 0 Å². The van der Waals surface area contributed by atoms with Crippen molar-refractivity contribution in [2.45, 2.75) is 64.3 Å². The van der Waals surface area contributed by atoms with Crippen molar-refractivity contribution in [2.75, 3.05) is 26.2 Å². The Hall–Kier alpha value is -0.0800. The van der Waals surface area contributed by atoms with E-state index in [-0.39, 0.29) is 0 Å². The summed E-state index contributed by atoms with van der Waals surface area (Å²) in [4.78, 5) is 2.76. The van der Waals surface area contributed by atoms with Crippen molar-refractivity contribution < 1.29 is 0 Å². The molecular weight excluding hydrogens is 220 g/mol. The molecule has 1 unspecified atom stereocenters. The van der Waals surface area contributed by atoms with Crippen LogP contribution in [-0.2, 0) is 0 Å². The SMILES string of the molecule is CC1(CN2CCNC(C)(C3CC3)C2)CCCCC1. The largest absolute Gasteiger partial charge is 0.309 e. The topological polar surface area (TPSA) is 15.3 Å². The first kappa shape index (κ1) is 12.9. The Balaban J connectivity index is 1.58. The summed E-state index contributed by atoms with van der Waals surface area (Å²) < 4.78 is 0. The molecule has 1 saturated heterocycles. The van der Waals surface area contributed by atoms with Gasteiger partial charge in [0, 0.05) is 31.7 Å². The first-order chi connectivity index (χ1) is 8.60. The normalized spacial score (nSPS) is 37.7. The summed E-state index contributed by atoms with van der Waals surface area (Å²) in [7, 11) is 0. The zero-order valence-electron chi connectivity index (χ0n) is 12.3. The molecule has 2 saturated carbocycles. The average molecular weight is 250 g/mol. The van der Waals surface area contributed by atoms with Gasteiger partial charge in [0.25, 0.3) is 0 Å². The molecular formula is C16H30N2. The van der Waals surface area contributed by atoms with Crippen molar-refractivity contribution in [1.82, 2.24) is 10.2 Å². The van der Waals surface area contributed by atoms with Gasteiger partial charge in [-0.2, -0.15) is 0 Å². The van der Waals surface area contributed by atoms with Gasteiger partial charge in [-0.1, -0.05) is 26.2 Å². The molecule has 3 aliphatic rings. The minimum Gasteiger partial charge on any atom is -0.309 e. The summed E-state index contributed by atoms with van der Waals surface area (Å²) in [5, 5.41) is 3.80. The Morgan fingerprint density at radius 3 is 2.50 bits per heavy atom. The fourth-order valence-electron chi connectivity index (χ4n) is 4.33. The summed E-state index contributed by atoms with van der Waals surface area (Å²) in [6.45, 7) is 10.1. The van der Waals surface area contributed by atoms with Crippen LogP contribution in [0.5, 0.6) is 0 Å². The Morgan fingerprint density at radius 2 is 1.83 bits per heavy atom. The van der Waals surface area contributed by atoms with Crippen LogP contribution < -0.4 is 5.32 Å². The molecule has 0 aromatic carbocycles. The smallest absolute Gasteiger partial charge is 0.0309 e. The lowest BCUT2D eigenvalue weighted by molar-refractivity contribution is 0.0659. The maximum atomic E-state index is 3.80. The number of hydrogen-bond donors (Lipinski definition) is 1. The predicted molar refractivity (Wildman–Crippen MR) is 76.8 cm³/mol. The molecule has 1 atom stereocenters. The average Bonchev–Trinajstić information content (AvgIpc) is 3.13. The molecule has 104 valence electrons. The highest BCUT2D eigenvalue weighted by Gasteiger charge is 2.44. The van der Waals surface area contributed by atoms with Gasteiger partial charge in [-0.05, 0) is 43.9 Å². The van der Waals surface area contributed by atoms with Crippen molar-refractivity contribution >= 4 is 0 Å². The van der Waals surface area contributed by atoms with Crippen LogP contribution in [0.15, 0.2) is 0 Å². The van der Waals surface area contributed by atoms with Crippen LogP contribution in [-0.4, -0.2) is 36.6 Å². The molecule has 0 aromatic heterocycles. The van der Waals surface area contributed by atoms with E-state index in [4.69, 9.17) is 0 Å². The second-order valence-corrected chi connectivity index (χ2v) is 7.70. The molecule has 0 aromatic rings. The number of piperazine rings is 1. The molecule has 18 heavy (non-hydrogen) atoms. The molecule has 1 aliphatic heterocycles. The third kappa shape index (κ3) is 2.75. The third-order valence-corrected chi connectivity index (χ3v) is 5.65. The van der Waals surface area contributed by atoms with E-state index in [9.17, 15) is 0 Å². The maximum absolute atomic E-state index is 3.80. The lowest BCUT2D eigenvalue weighted by atomic mass is 9.75. The highest BCUT2D eigenvalue weighted by molar-refractivity contribution is 5.02. The van der Waals surface area contributed by atoms with E-state index in [1.807, 2.05) is 0 Å². The molecule has 2 nitrogen and oxygen atoms in total. The summed E-state index contributed by atoms with van der Waals surface area (Å²) in [5.41, 5.74) is 1.03. The molecule has 2 aliphatic carbocycles. The van der Waals surface area contributed by atoms with E-state index in [0.717, 1.165) is 5.92 Å². The molecule has 1 N–H and O–H groups in total. The molecule has 1 heterocycles. The lowest BCUT2D eigenvalue weighted by Gasteiger charge is -2.46. The van der Waals surface area contributed by atoms with Crippen LogP contribution in [0.3, 0.4) is 0 Å². The summed E-state index contributed by atoms with van der Waals surface area (Å²) in [6, 6.07) is 0. The van der Waals surface area contributed by atoms with E-state index >= 15 is 0 Å². The van der Waals surface area contributed by atoms with Crippen molar-refractivity contribution in [2.24, 2.45) is 11.3 Å². The quantitative estimate of drug-likeness (QED) is 0.828. The molecule has 0 bridgehead atoms. The summed E-state index contributed by atoms with van der Waals surface area (Å²) in [6.07, 6.45) is 10.2. The van der Waals surface area contributed by atoms with E-state index in [2.05, 4.69) is 24.1 Å². The van der Waals surface area contributed by atoms with E-state index < -0.39 is 0 Å². The van der Waals surface area contributed by atoms with Crippen LogP contribution >= 0.6 is 0 Å². The van der Waals surface area contributed by atoms with Crippen molar-refractivity contribution in [1.29, 1.82) is 0 Å². The Kier molecular flexibility index (Phi) is 3.44. The van der Waals surface area contributed by atoms with E-state index in [1.54, 1.807) is 0 Å². The highest BCUT2D eigenvalue weighted by Crippen LogP contribution is 2.42. The number of hydrogen-bond acceptors (Lipinski definition) is 2. The van der Waals surface area contributed by atoms with Gasteiger partial charge in [0.05, 0.1) is 0 Å². The second-order valence-electron chi connectivity index (χ2n) is 7.70. The summed E-state index contributed by atoms with van der Waals surface area (Å²) >= 11 is 0. The number of rotatable bonds is 3. The van der Waals surface area contributed by atoms with Gasteiger partial charge >= 0.3 is 0 Å². The van der Waals surface area contributed by atoms with Crippen LogP contribution in [0.4, 0.5) is 0 Å². The first-order valence-corrected chi connectivity index (χ1v) is 8.07. The van der Waals surface area contributed by atoms with Crippen molar-refractivity contribution in [3.8, 4) is 0 Å². The highest BCUT2D eigenvalue weighted by atomic mass is 15.2. The van der Waals surface area contributed by atoms with Crippen LogP contribution in [0.1, 0.15) is 58.8 Å². The first-order valence-electron chi connectivity index (χ1n) is 8.07. The van der Waals surface area contributed by atoms with Crippen LogP contribution in [0, 0.1) is 11.3 Å². The fraction of sp³-hybridized carbons (Fsp3) is 1.00. The van der Waals surface area contributed by atoms with Crippen LogP contribution in [0.2, 0.25) is 0 Å². The lowest BCUT2D eigenvalue weighted by Crippen LogP contribution is -2.61. The van der Waals surface area contributed by atoms with Gasteiger partial charge in [-0.25, -0.2) is 0 Å². The second kappa shape index (κ2) is 4.79. The molecule has 2 heteroatoms. The Bertz CT molecular complexity index is 291. The number of nitrogens with zero attached hydrogens (tertiary/aromatic N) is 1. The minimum atomic E-state index is 0.420.